The maximum absolute atomic E-state index is 14.1. The molecule has 0 bridgehead atoms. The van der Waals surface area contributed by atoms with Crippen LogP contribution >= 0.6 is 11.6 Å². The molecule has 27 heavy (non-hydrogen) atoms. The van der Waals surface area contributed by atoms with Crippen LogP contribution in [-0.4, -0.2) is 14.3 Å². The van der Waals surface area contributed by atoms with E-state index in [0.717, 1.165) is 12.1 Å². The fraction of sp³-hybridized carbons (Fsp3) is 0.0556. The number of carbonyl (C=O) groups excluding carboxylic acids is 1. The number of sulfonamides is 1. The Morgan fingerprint density at radius 1 is 1.11 bits per heavy atom. The van der Waals surface area contributed by atoms with E-state index in [0.29, 0.717) is 16.5 Å². The van der Waals surface area contributed by atoms with Gasteiger partial charge in [0.2, 0.25) is 10.0 Å². The lowest BCUT2D eigenvalue weighted by molar-refractivity contribution is 0.102. The molecule has 140 valence electrons. The molecule has 2 N–H and O–H groups in total. The van der Waals surface area contributed by atoms with Gasteiger partial charge < -0.3 is 9.73 Å². The van der Waals surface area contributed by atoms with Crippen LogP contribution < -0.4 is 10.0 Å². The largest absolute Gasteiger partial charge is 0.468 e. The zero-order valence-corrected chi connectivity index (χ0v) is 15.4. The van der Waals surface area contributed by atoms with Crippen molar-refractivity contribution in [2.75, 3.05) is 5.32 Å². The third-order valence-corrected chi connectivity index (χ3v) is 5.37. The number of anilines is 1. The topological polar surface area (TPSA) is 88.4 Å². The van der Waals surface area contributed by atoms with Crippen LogP contribution in [0.5, 0.6) is 0 Å². The Bertz CT molecular complexity index is 1070. The molecule has 0 aliphatic heterocycles. The van der Waals surface area contributed by atoms with E-state index < -0.39 is 26.6 Å². The SMILES string of the molecule is O=C(Nc1ccccc1Cl)c1ccc(F)c(S(=O)(=O)NCc2ccco2)c1. The number of nitrogens with one attached hydrogen (secondary N) is 2. The molecule has 6 nitrogen and oxygen atoms in total. The average molecular weight is 409 g/mol. The van der Waals surface area contributed by atoms with Gasteiger partial charge in [0.25, 0.3) is 5.91 Å². The zero-order chi connectivity index (χ0) is 19.4. The second kappa shape index (κ2) is 7.91. The number of benzene rings is 2. The van der Waals surface area contributed by atoms with Gasteiger partial charge in [-0.15, -0.1) is 0 Å². The molecule has 0 saturated carbocycles. The highest BCUT2D eigenvalue weighted by Gasteiger charge is 2.21. The van der Waals surface area contributed by atoms with E-state index in [2.05, 4.69) is 10.0 Å². The summed E-state index contributed by atoms with van der Waals surface area (Å²) in [6.45, 7) is -0.148. The molecule has 1 heterocycles. The zero-order valence-electron chi connectivity index (χ0n) is 13.8. The summed E-state index contributed by atoms with van der Waals surface area (Å²) in [5, 5.41) is 2.88. The number of hydrogen-bond acceptors (Lipinski definition) is 4. The third kappa shape index (κ3) is 4.54. The predicted molar refractivity (Wildman–Crippen MR) is 98.5 cm³/mol. The minimum Gasteiger partial charge on any atom is -0.468 e. The Labute approximate surface area is 160 Å². The fourth-order valence-corrected chi connectivity index (χ4v) is 3.54. The summed E-state index contributed by atoms with van der Waals surface area (Å²) in [6, 6.07) is 12.8. The minimum atomic E-state index is -4.20. The Morgan fingerprint density at radius 2 is 1.89 bits per heavy atom. The van der Waals surface area contributed by atoms with Crippen LogP contribution in [0.1, 0.15) is 16.1 Å². The molecule has 0 spiro atoms. The molecule has 3 rings (SSSR count). The first kappa shape index (κ1) is 19.1. The second-order valence-corrected chi connectivity index (χ2v) is 7.63. The summed E-state index contributed by atoms with van der Waals surface area (Å²) < 4.78 is 46.1. The van der Waals surface area contributed by atoms with Gasteiger partial charge in [-0.1, -0.05) is 23.7 Å². The van der Waals surface area contributed by atoms with Crippen molar-refractivity contribution in [2.45, 2.75) is 11.4 Å². The number of amides is 1. The standard InChI is InChI=1S/C18H14ClFN2O4S/c19-14-5-1-2-6-16(14)22-18(23)12-7-8-15(20)17(10-12)27(24,25)21-11-13-4-3-9-26-13/h1-10,21H,11H2,(H,22,23). The quantitative estimate of drug-likeness (QED) is 0.649. The van der Waals surface area contributed by atoms with Gasteiger partial charge in [0, 0.05) is 5.56 Å². The van der Waals surface area contributed by atoms with Gasteiger partial charge in [0.05, 0.1) is 23.5 Å². The molecule has 3 aromatic rings. The number of para-hydroxylation sites is 1. The molecule has 2 aromatic carbocycles. The van der Waals surface area contributed by atoms with Crippen molar-refractivity contribution in [3.8, 4) is 0 Å². The fourth-order valence-electron chi connectivity index (χ4n) is 2.26. The first-order valence-electron chi connectivity index (χ1n) is 7.74. The molecular formula is C18H14ClFN2O4S. The van der Waals surface area contributed by atoms with Gasteiger partial charge in [0.15, 0.2) is 0 Å². The van der Waals surface area contributed by atoms with Crippen molar-refractivity contribution < 1.29 is 22.0 Å². The molecule has 1 amide bonds. The van der Waals surface area contributed by atoms with Crippen LogP contribution in [0, 0.1) is 5.82 Å². The predicted octanol–water partition coefficient (Wildman–Crippen LogP) is 3.80. The van der Waals surface area contributed by atoms with E-state index in [1.165, 1.54) is 12.3 Å². The molecule has 0 aliphatic rings. The smallest absolute Gasteiger partial charge is 0.255 e. The Hall–Kier alpha value is -2.68. The minimum absolute atomic E-state index is 0.0327. The first-order valence-corrected chi connectivity index (χ1v) is 9.60. The lowest BCUT2D eigenvalue weighted by atomic mass is 10.2. The van der Waals surface area contributed by atoms with E-state index in [1.54, 1.807) is 36.4 Å². The lowest BCUT2D eigenvalue weighted by Gasteiger charge is -2.10. The van der Waals surface area contributed by atoms with Gasteiger partial charge in [-0.3, -0.25) is 4.79 Å². The first-order chi connectivity index (χ1) is 12.9. The Kier molecular flexibility index (Phi) is 5.59. The molecule has 0 atom stereocenters. The molecule has 0 unspecified atom stereocenters. The van der Waals surface area contributed by atoms with Crippen LogP contribution in [0.4, 0.5) is 10.1 Å². The Balaban J connectivity index is 1.83. The van der Waals surface area contributed by atoms with E-state index >= 15 is 0 Å². The molecule has 0 radical (unpaired) electrons. The molecule has 0 aliphatic carbocycles. The lowest BCUT2D eigenvalue weighted by Crippen LogP contribution is -2.24. The number of furan rings is 1. The highest BCUT2D eigenvalue weighted by molar-refractivity contribution is 7.89. The average Bonchev–Trinajstić information content (AvgIpc) is 3.16. The molecule has 0 fully saturated rings. The monoisotopic (exact) mass is 408 g/mol. The van der Waals surface area contributed by atoms with Gasteiger partial charge in [-0.05, 0) is 42.5 Å². The number of hydrogen-bond donors (Lipinski definition) is 2. The van der Waals surface area contributed by atoms with E-state index in [-0.39, 0.29) is 12.1 Å². The van der Waals surface area contributed by atoms with Crippen molar-refractivity contribution >= 4 is 33.2 Å². The van der Waals surface area contributed by atoms with E-state index in [9.17, 15) is 17.6 Å². The Morgan fingerprint density at radius 3 is 2.59 bits per heavy atom. The van der Waals surface area contributed by atoms with Gasteiger partial charge in [-0.25, -0.2) is 17.5 Å². The van der Waals surface area contributed by atoms with E-state index in [1.807, 2.05) is 0 Å². The van der Waals surface area contributed by atoms with Crippen molar-refractivity contribution in [3.05, 3.63) is 83.0 Å². The highest BCUT2D eigenvalue weighted by atomic mass is 35.5. The number of halogens is 2. The summed E-state index contributed by atoms with van der Waals surface area (Å²) in [5.74, 6) is -1.23. The molecule has 1 aromatic heterocycles. The second-order valence-electron chi connectivity index (χ2n) is 5.48. The van der Waals surface area contributed by atoms with Crippen molar-refractivity contribution in [3.63, 3.8) is 0 Å². The van der Waals surface area contributed by atoms with Crippen molar-refractivity contribution in [1.82, 2.24) is 4.72 Å². The summed E-state index contributed by atoms with van der Waals surface area (Å²) in [6.07, 6.45) is 1.39. The van der Waals surface area contributed by atoms with Gasteiger partial charge in [-0.2, -0.15) is 0 Å². The van der Waals surface area contributed by atoms with Crippen LogP contribution in [0.3, 0.4) is 0 Å². The van der Waals surface area contributed by atoms with Gasteiger partial charge in [0.1, 0.15) is 16.5 Å². The number of rotatable bonds is 6. The van der Waals surface area contributed by atoms with Crippen LogP contribution in [0.25, 0.3) is 0 Å². The highest BCUT2D eigenvalue weighted by Crippen LogP contribution is 2.22. The van der Waals surface area contributed by atoms with Crippen molar-refractivity contribution in [2.24, 2.45) is 0 Å². The molecule has 0 saturated heterocycles. The van der Waals surface area contributed by atoms with E-state index in [4.69, 9.17) is 16.0 Å². The molecular weight excluding hydrogens is 395 g/mol. The van der Waals surface area contributed by atoms with Crippen LogP contribution in [0.15, 0.2) is 70.2 Å². The summed E-state index contributed by atoms with van der Waals surface area (Å²) >= 11 is 5.99. The van der Waals surface area contributed by atoms with Crippen LogP contribution in [-0.2, 0) is 16.6 Å². The van der Waals surface area contributed by atoms with Gasteiger partial charge >= 0.3 is 0 Å². The normalized spacial score (nSPS) is 11.3. The van der Waals surface area contributed by atoms with Crippen molar-refractivity contribution in [1.29, 1.82) is 0 Å². The summed E-state index contributed by atoms with van der Waals surface area (Å²) in [7, 11) is -4.20. The van der Waals surface area contributed by atoms with Crippen LogP contribution in [0.2, 0.25) is 5.02 Å². The molecule has 9 heteroatoms. The number of carbonyl (C=O) groups is 1. The summed E-state index contributed by atoms with van der Waals surface area (Å²) in [5.41, 5.74) is 0.323. The maximum atomic E-state index is 14.1. The maximum Gasteiger partial charge on any atom is 0.255 e. The third-order valence-electron chi connectivity index (χ3n) is 3.62. The summed E-state index contributed by atoms with van der Waals surface area (Å²) in [4.78, 5) is 11.7.